The van der Waals surface area contributed by atoms with Crippen molar-refractivity contribution in [2.45, 2.75) is 13.3 Å². The molecule has 1 atom stereocenters. The van der Waals surface area contributed by atoms with E-state index in [0.717, 1.165) is 13.0 Å². The van der Waals surface area contributed by atoms with E-state index in [2.05, 4.69) is 11.9 Å². The minimum atomic E-state index is -0.0536. The van der Waals surface area contributed by atoms with Crippen LogP contribution in [0, 0.1) is 5.41 Å². The molecular formula is C18H22ClN3O2. The summed E-state index contributed by atoms with van der Waals surface area (Å²) in [7, 11) is 0. The Labute approximate surface area is 147 Å². The highest BCUT2D eigenvalue weighted by molar-refractivity contribution is 6.09. The zero-order chi connectivity index (χ0) is 16.4. The van der Waals surface area contributed by atoms with Crippen molar-refractivity contribution < 1.29 is 9.59 Å². The molecule has 0 saturated carbocycles. The van der Waals surface area contributed by atoms with Gasteiger partial charge in [-0.25, -0.2) is 0 Å². The predicted octanol–water partition coefficient (Wildman–Crippen LogP) is 2.48. The van der Waals surface area contributed by atoms with Gasteiger partial charge in [-0.1, -0.05) is 19.1 Å². The van der Waals surface area contributed by atoms with Crippen LogP contribution in [-0.2, 0) is 0 Å². The number of hydrogen-bond donors (Lipinski definition) is 2. The van der Waals surface area contributed by atoms with Crippen molar-refractivity contribution in [3.05, 3.63) is 59.4 Å². The molecule has 2 aromatic rings. The molecule has 128 valence electrons. The van der Waals surface area contributed by atoms with Gasteiger partial charge in [-0.05, 0) is 36.6 Å². The lowest BCUT2D eigenvalue weighted by Crippen LogP contribution is -2.34. The molecule has 1 fully saturated rings. The standard InChI is InChI=1S/C18H21N3O2.ClH/c1-18(11-19)7-9-21(12-18)17(23)14-4-2-13(3-5-14)16(22)15-6-8-20-10-15;/h2-6,8,10,20H,7,9,11-12,19H2,1H3;1H. The van der Waals surface area contributed by atoms with Gasteiger partial charge >= 0.3 is 0 Å². The lowest BCUT2D eigenvalue weighted by Gasteiger charge is -2.22. The SMILES string of the molecule is CC1(CN)CCN(C(=O)c2ccc(C(=O)c3cc[nH]c3)cc2)C1.Cl. The minimum Gasteiger partial charge on any atom is -0.367 e. The number of carbonyl (C=O) groups is 2. The molecule has 1 aromatic carbocycles. The Kier molecular flexibility index (Phi) is 5.47. The number of aromatic amines is 1. The van der Waals surface area contributed by atoms with E-state index >= 15 is 0 Å². The van der Waals surface area contributed by atoms with Gasteiger partial charge in [-0.2, -0.15) is 0 Å². The molecule has 1 saturated heterocycles. The second kappa shape index (κ2) is 7.20. The van der Waals surface area contributed by atoms with Crippen LogP contribution in [0.1, 0.15) is 39.6 Å². The Morgan fingerprint density at radius 3 is 2.38 bits per heavy atom. The quantitative estimate of drug-likeness (QED) is 0.834. The molecule has 0 aliphatic carbocycles. The van der Waals surface area contributed by atoms with E-state index < -0.39 is 0 Å². The number of likely N-dealkylation sites (tertiary alicyclic amines) is 1. The smallest absolute Gasteiger partial charge is 0.253 e. The fraction of sp³-hybridized carbons (Fsp3) is 0.333. The number of amides is 1. The number of ketones is 1. The van der Waals surface area contributed by atoms with Crippen LogP contribution >= 0.6 is 12.4 Å². The van der Waals surface area contributed by atoms with Crippen LogP contribution in [0.4, 0.5) is 0 Å². The summed E-state index contributed by atoms with van der Waals surface area (Å²) in [6.07, 6.45) is 4.31. The van der Waals surface area contributed by atoms with Crippen LogP contribution in [0.2, 0.25) is 0 Å². The van der Waals surface area contributed by atoms with Crippen molar-refractivity contribution >= 4 is 24.1 Å². The second-order valence-electron chi connectivity index (χ2n) is 6.50. The molecule has 1 unspecified atom stereocenters. The average Bonchev–Trinajstić information content (AvgIpc) is 3.24. The minimum absolute atomic E-state index is 0. The van der Waals surface area contributed by atoms with Gasteiger partial charge in [-0.15, -0.1) is 12.4 Å². The summed E-state index contributed by atoms with van der Waals surface area (Å²) in [4.78, 5) is 29.5. The van der Waals surface area contributed by atoms with Gasteiger partial charge in [0.2, 0.25) is 0 Å². The zero-order valence-electron chi connectivity index (χ0n) is 13.6. The summed E-state index contributed by atoms with van der Waals surface area (Å²) >= 11 is 0. The van der Waals surface area contributed by atoms with Crippen LogP contribution in [0.25, 0.3) is 0 Å². The molecule has 0 radical (unpaired) electrons. The molecule has 3 rings (SSSR count). The molecule has 1 aliphatic rings. The van der Waals surface area contributed by atoms with Crippen LogP contribution < -0.4 is 5.73 Å². The number of rotatable bonds is 4. The third-order valence-electron chi connectivity index (χ3n) is 4.59. The summed E-state index contributed by atoms with van der Waals surface area (Å²) in [6.45, 7) is 4.11. The van der Waals surface area contributed by atoms with E-state index in [4.69, 9.17) is 5.73 Å². The van der Waals surface area contributed by atoms with E-state index in [1.54, 1.807) is 42.7 Å². The van der Waals surface area contributed by atoms with Gasteiger partial charge in [0.1, 0.15) is 0 Å². The van der Waals surface area contributed by atoms with E-state index in [0.29, 0.717) is 29.8 Å². The third kappa shape index (κ3) is 3.52. The molecule has 1 aromatic heterocycles. The number of benzene rings is 1. The van der Waals surface area contributed by atoms with Crippen LogP contribution in [0.3, 0.4) is 0 Å². The number of H-pyrrole nitrogens is 1. The monoisotopic (exact) mass is 347 g/mol. The molecule has 2 heterocycles. The maximum atomic E-state index is 12.6. The highest BCUT2D eigenvalue weighted by atomic mass is 35.5. The van der Waals surface area contributed by atoms with Crippen molar-refractivity contribution in [3.8, 4) is 0 Å². The van der Waals surface area contributed by atoms with Crippen LogP contribution in [-0.4, -0.2) is 41.2 Å². The van der Waals surface area contributed by atoms with E-state index in [1.165, 1.54) is 0 Å². The number of halogens is 1. The Hall–Kier alpha value is -2.11. The van der Waals surface area contributed by atoms with Gasteiger partial charge in [0.15, 0.2) is 5.78 Å². The van der Waals surface area contributed by atoms with Crippen molar-refractivity contribution in [1.82, 2.24) is 9.88 Å². The maximum Gasteiger partial charge on any atom is 0.253 e. The fourth-order valence-electron chi connectivity index (χ4n) is 2.94. The molecule has 6 heteroatoms. The largest absolute Gasteiger partial charge is 0.367 e. The number of hydrogen-bond acceptors (Lipinski definition) is 3. The van der Waals surface area contributed by atoms with Crippen molar-refractivity contribution in [2.75, 3.05) is 19.6 Å². The van der Waals surface area contributed by atoms with Gasteiger partial charge in [0.25, 0.3) is 5.91 Å². The van der Waals surface area contributed by atoms with Crippen LogP contribution in [0.15, 0.2) is 42.7 Å². The Balaban J connectivity index is 0.00000208. The van der Waals surface area contributed by atoms with E-state index in [1.807, 2.05) is 4.90 Å². The van der Waals surface area contributed by atoms with Crippen molar-refractivity contribution in [2.24, 2.45) is 11.1 Å². The fourth-order valence-corrected chi connectivity index (χ4v) is 2.94. The van der Waals surface area contributed by atoms with Gasteiger partial charge < -0.3 is 15.6 Å². The number of nitrogens with two attached hydrogens (primary N) is 1. The molecule has 0 spiro atoms. The topological polar surface area (TPSA) is 79.2 Å². The highest BCUT2D eigenvalue weighted by Crippen LogP contribution is 2.29. The lowest BCUT2D eigenvalue weighted by molar-refractivity contribution is 0.0776. The molecular weight excluding hydrogens is 326 g/mol. The maximum absolute atomic E-state index is 12.6. The molecule has 5 nitrogen and oxygen atoms in total. The van der Waals surface area contributed by atoms with Gasteiger partial charge in [0, 0.05) is 42.2 Å². The van der Waals surface area contributed by atoms with E-state index in [-0.39, 0.29) is 29.5 Å². The first-order valence-electron chi connectivity index (χ1n) is 7.79. The summed E-state index contributed by atoms with van der Waals surface area (Å²) in [6, 6.07) is 8.60. The third-order valence-corrected chi connectivity index (χ3v) is 4.59. The summed E-state index contributed by atoms with van der Waals surface area (Å²) in [5.74, 6) is -0.0510. The Bertz CT molecular complexity index is 712. The van der Waals surface area contributed by atoms with Gasteiger partial charge in [0.05, 0.1) is 0 Å². The molecule has 1 aliphatic heterocycles. The molecule has 24 heavy (non-hydrogen) atoms. The number of carbonyl (C=O) groups excluding carboxylic acids is 2. The Morgan fingerprint density at radius 2 is 1.83 bits per heavy atom. The van der Waals surface area contributed by atoms with Crippen molar-refractivity contribution in [3.63, 3.8) is 0 Å². The first-order chi connectivity index (χ1) is 11.0. The molecule has 0 bridgehead atoms. The van der Waals surface area contributed by atoms with Crippen molar-refractivity contribution in [1.29, 1.82) is 0 Å². The van der Waals surface area contributed by atoms with E-state index in [9.17, 15) is 9.59 Å². The predicted molar refractivity (Wildman–Crippen MR) is 95.6 cm³/mol. The number of aromatic nitrogens is 1. The summed E-state index contributed by atoms with van der Waals surface area (Å²) in [5, 5.41) is 0. The number of nitrogens with zero attached hydrogens (tertiary/aromatic N) is 1. The molecule has 3 N–H and O–H groups in total. The summed E-state index contributed by atoms with van der Waals surface area (Å²) < 4.78 is 0. The highest BCUT2D eigenvalue weighted by Gasteiger charge is 2.35. The normalized spacial score (nSPS) is 19.8. The Morgan fingerprint density at radius 1 is 1.17 bits per heavy atom. The van der Waals surface area contributed by atoms with Crippen LogP contribution in [0.5, 0.6) is 0 Å². The zero-order valence-corrected chi connectivity index (χ0v) is 14.4. The first-order valence-corrected chi connectivity index (χ1v) is 7.79. The van der Waals surface area contributed by atoms with Gasteiger partial charge in [-0.3, -0.25) is 9.59 Å². The number of nitrogens with one attached hydrogen (secondary N) is 1. The average molecular weight is 348 g/mol. The second-order valence-corrected chi connectivity index (χ2v) is 6.50. The lowest BCUT2D eigenvalue weighted by atomic mass is 9.90. The summed E-state index contributed by atoms with van der Waals surface area (Å²) in [5.41, 5.74) is 7.60. The first kappa shape index (κ1) is 18.2. The molecule has 1 amide bonds.